The van der Waals surface area contributed by atoms with Crippen LogP contribution in [0.2, 0.25) is 0 Å². The lowest BCUT2D eigenvalue weighted by Crippen LogP contribution is -2.10. The van der Waals surface area contributed by atoms with E-state index in [4.69, 9.17) is 20.4 Å². The van der Waals surface area contributed by atoms with E-state index in [1.807, 2.05) is 0 Å². The Hall–Kier alpha value is -2.16. The number of rotatable bonds is 49. The number of aliphatic carboxylic acids is 4. The summed E-state index contributed by atoms with van der Waals surface area (Å²) in [7, 11) is 0. The van der Waals surface area contributed by atoms with E-state index in [0.29, 0.717) is 19.3 Å². The third-order valence-corrected chi connectivity index (χ3v) is 12.2. The molecule has 0 radical (unpaired) electrons. The molecule has 0 heterocycles. The molecule has 0 unspecified atom stereocenters. The van der Waals surface area contributed by atoms with Gasteiger partial charge in [0, 0.05) is 19.3 Å². The predicted molar refractivity (Wildman–Crippen MR) is 278 cm³/mol. The highest BCUT2D eigenvalue weighted by atomic mass is 16.4. The van der Waals surface area contributed by atoms with Crippen LogP contribution in [0.5, 0.6) is 0 Å². The lowest BCUT2D eigenvalue weighted by Gasteiger charge is -2.03. The van der Waals surface area contributed by atoms with Crippen LogP contribution in [0.15, 0.2) is 0 Å². The van der Waals surface area contributed by atoms with Gasteiger partial charge in [0.15, 0.2) is 0 Å². The number of unbranched alkanes of at least 4 members (excludes halogenated alkanes) is 42. The van der Waals surface area contributed by atoms with Gasteiger partial charge in [-0.05, 0) is 19.3 Å². The van der Waals surface area contributed by atoms with E-state index in [1.165, 1.54) is 250 Å². The van der Waals surface area contributed by atoms with Crippen molar-refractivity contribution in [3.8, 4) is 0 Å². The molecule has 9 heteroatoms. The Morgan fingerprint density at radius 3 is 0.431 bits per heavy atom. The number of carbonyl (C=O) groups is 4. The van der Waals surface area contributed by atoms with Gasteiger partial charge in [0.2, 0.25) is 0 Å². The zero-order chi connectivity index (χ0) is 49.0. The van der Waals surface area contributed by atoms with Crippen molar-refractivity contribution >= 4 is 23.9 Å². The van der Waals surface area contributed by atoms with Crippen LogP contribution in [-0.4, -0.2) is 50.8 Å². The van der Waals surface area contributed by atoms with E-state index >= 15 is 0 Å². The molecule has 0 aromatic heterocycles. The number of hydrogen-bond donors (Lipinski definition) is 5. The first kappa shape index (κ1) is 69.4. The summed E-state index contributed by atoms with van der Waals surface area (Å²) in [5.41, 5.74) is 4.57. The quantitative estimate of drug-likeness (QED) is 0.0372. The molecule has 9 nitrogen and oxygen atoms in total. The Morgan fingerprint density at radius 1 is 0.231 bits per heavy atom. The fourth-order valence-electron chi connectivity index (χ4n) is 7.94. The Balaban J connectivity index is -0.000000407. The van der Waals surface area contributed by atoms with Crippen molar-refractivity contribution in [2.75, 3.05) is 6.54 Å². The third kappa shape index (κ3) is 85.7. The number of nitrogens with two attached hydrogens (primary N) is 1. The average Bonchev–Trinajstić information content (AvgIpc) is 3.28. The first-order valence-electron chi connectivity index (χ1n) is 28.2. The van der Waals surface area contributed by atoms with Crippen molar-refractivity contribution in [3.63, 3.8) is 0 Å². The Labute approximate surface area is 403 Å². The van der Waals surface area contributed by atoms with Gasteiger partial charge in [0.05, 0.1) is 6.54 Å². The predicted octanol–water partition coefficient (Wildman–Crippen LogP) is 18.0. The maximum absolute atomic E-state index is 10.3. The molecule has 0 atom stereocenters. The molecule has 0 bridgehead atoms. The summed E-state index contributed by atoms with van der Waals surface area (Å²) in [6.07, 6.45) is 60.6. The molecule has 0 amide bonds. The van der Waals surface area contributed by atoms with Gasteiger partial charge < -0.3 is 26.2 Å². The Kier molecular flexibility index (Phi) is 70.6. The highest BCUT2D eigenvalue weighted by Crippen LogP contribution is 2.16. The SMILES string of the molecule is CCCCCCCCCCCCCCCCCC(=O)O.CCCCCCCCCCCCCCCCCC(=O)O.CCCCCCCCCCCCCCCCCC(=O)O.NCC(=O)O. The fraction of sp³-hybridized carbons (Fsp3) is 0.929. The molecule has 0 aromatic carbocycles. The van der Waals surface area contributed by atoms with Crippen LogP contribution in [0, 0.1) is 0 Å². The number of carboxylic acid groups (broad SMARTS) is 4. The van der Waals surface area contributed by atoms with Gasteiger partial charge in [0.25, 0.3) is 0 Å². The van der Waals surface area contributed by atoms with E-state index in [9.17, 15) is 19.2 Å². The Morgan fingerprint density at radius 2 is 0.338 bits per heavy atom. The molecule has 0 aliphatic carbocycles. The fourth-order valence-corrected chi connectivity index (χ4v) is 7.94. The monoisotopic (exact) mass is 928 g/mol. The normalized spacial score (nSPS) is 10.6. The zero-order valence-electron chi connectivity index (χ0n) is 43.6. The van der Waals surface area contributed by atoms with Crippen LogP contribution in [-0.2, 0) is 19.2 Å². The summed E-state index contributed by atoms with van der Waals surface area (Å²) >= 11 is 0. The van der Waals surface area contributed by atoms with Gasteiger partial charge in [0.1, 0.15) is 0 Å². The van der Waals surface area contributed by atoms with Crippen LogP contribution >= 0.6 is 0 Å². The lowest BCUT2D eigenvalue weighted by molar-refractivity contribution is -0.138. The third-order valence-electron chi connectivity index (χ3n) is 12.2. The maximum Gasteiger partial charge on any atom is 0.317 e. The maximum atomic E-state index is 10.3. The summed E-state index contributed by atoms with van der Waals surface area (Å²) in [6.45, 7) is 6.53. The van der Waals surface area contributed by atoms with Crippen LogP contribution in [0.1, 0.15) is 329 Å². The summed E-state index contributed by atoms with van der Waals surface area (Å²) in [5.74, 6) is -2.93. The average molecular weight is 929 g/mol. The molecule has 0 saturated carbocycles. The minimum absolute atomic E-state index is 0.278. The first-order valence-corrected chi connectivity index (χ1v) is 28.2. The van der Waals surface area contributed by atoms with Crippen molar-refractivity contribution in [1.82, 2.24) is 0 Å². The van der Waals surface area contributed by atoms with Crippen LogP contribution in [0.3, 0.4) is 0 Å². The highest BCUT2D eigenvalue weighted by molar-refractivity contribution is 5.68. The molecule has 0 rings (SSSR count). The second-order valence-electron chi connectivity index (χ2n) is 18.9. The number of carboxylic acids is 4. The zero-order valence-corrected chi connectivity index (χ0v) is 43.6. The van der Waals surface area contributed by atoms with Gasteiger partial charge >= 0.3 is 23.9 Å². The lowest BCUT2D eigenvalue weighted by atomic mass is 10.0. The number of hydrogen-bond acceptors (Lipinski definition) is 5. The first-order chi connectivity index (χ1) is 31.6. The van der Waals surface area contributed by atoms with Gasteiger partial charge in [-0.25, -0.2) is 0 Å². The van der Waals surface area contributed by atoms with E-state index in [-0.39, 0.29) is 6.54 Å². The summed E-state index contributed by atoms with van der Waals surface area (Å²) < 4.78 is 0. The van der Waals surface area contributed by atoms with E-state index < -0.39 is 23.9 Å². The van der Waals surface area contributed by atoms with E-state index in [2.05, 4.69) is 26.5 Å². The largest absolute Gasteiger partial charge is 0.481 e. The van der Waals surface area contributed by atoms with E-state index in [0.717, 1.165) is 38.5 Å². The molecule has 0 aromatic rings. The minimum Gasteiger partial charge on any atom is -0.481 e. The van der Waals surface area contributed by atoms with Crippen LogP contribution < -0.4 is 5.73 Å². The topological polar surface area (TPSA) is 175 Å². The molecule has 0 aliphatic rings. The van der Waals surface area contributed by atoms with Gasteiger partial charge in [-0.15, -0.1) is 0 Å². The summed E-state index contributed by atoms with van der Waals surface area (Å²) in [6, 6.07) is 0. The van der Waals surface area contributed by atoms with Gasteiger partial charge in [-0.3, -0.25) is 19.2 Å². The van der Waals surface area contributed by atoms with Crippen LogP contribution in [0.4, 0.5) is 0 Å². The van der Waals surface area contributed by atoms with Crippen molar-refractivity contribution in [2.45, 2.75) is 329 Å². The summed E-state index contributed by atoms with van der Waals surface area (Å²) in [4.78, 5) is 40.2. The molecule has 65 heavy (non-hydrogen) atoms. The molecule has 390 valence electrons. The minimum atomic E-state index is -0.968. The smallest absolute Gasteiger partial charge is 0.317 e. The Bertz CT molecular complexity index is 825. The van der Waals surface area contributed by atoms with Crippen molar-refractivity contribution in [2.24, 2.45) is 5.73 Å². The molecular formula is C56H113NO8. The molecule has 0 fully saturated rings. The second kappa shape index (κ2) is 66.1. The highest BCUT2D eigenvalue weighted by Gasteiger charge is 2.00. The van der Waals surface area contributed by atoms with Crippen LogP contribution in [0.25, 0.3) is 0 Å². The molecule has 6 N–H and O–H groups in total. The molecule has 0 spiro atoms. The second-order valence-corrected chi connectivity index (χ2v) is 18.9. The van der Waals surface area contributed by atoms with Crippen molar-refractivity contribution < 1.29 is 39.6 Å². The molecule has 0 saturated heterocycles. The van der Waals surface area contributed by atoms with Crippen molar-refractivity contribution in [1.29, 1.82) is 0 Å². The molecular weight excluding hydrogens is 815 g/mol. The van der Waals surface area contributed by atoms with E-state index in [1.54, 1.807) is 0 Å². The van der Waals surface area contributed by atoms with Gasteiger partial charge in [-0.2, -0.15) is 0 Å². The standard InChI is InChI=1S/3C18H36O2.C2H5NO2/c3*1-2-3-4-5-6-7-8-9-10-11-12-13-14-15-16-17-18(19)20;3-1-2(4)5/h3*2-17H2,1H3,(H,19,20);1,3H2,(H,4,5). The summed E-state index contributed by atoms with van der Waals surface area (Å²) in [5, 5.41) is 33.1. The van der Waals surface area contributed by atoms with Crippen molar-refractivity contribution in [3.05, 3.63) is 0 Å². The van der Waals surface area contributed by atoms with Gasteiger partial charge in [-0.1, -0.05) is 290 Å². The molecule has 0 aliphatic heterocycles.